The van der Waals surface area contributed by atoms with Crippen LogP contribution in [0.5, 0.6) is 0 Å². The van der Waals surface area contributed by atoms with Gasteiger partial charge < -0.3 is 0 Å². The second kappa shape index (κ2) is 14.7. The Morgan fingerprint density at radius 2 is 1.29 bits per heavy atom. The minimum Gasteiger partial charge on any atom is -0.135 e. The molecule has 0 bridgehead atoms. The summed E-state index contributed by atoms with van der Waals surface area (Å²) in [6.07, 6.45) is 9.10. The summed E-state index contributed by atoms with van der Waals surface area (Å²) in [5.41, 5.74) is 18.7. The van der Waals surface area contributed by atoms with Gasteiger partial charge in [-0.05, 0) is 123 Å². The van der Waals surface area contributed by atoms with E-state index in [0.717, 1.165) is 25.7 Å². The van der Waals surface area contributed by atoms with Crippen LogP contribution in [0.4, 0.5) is 0 Å². The van der Waals surface area contributed by atoms with E-state index in [-0.39, 0.29) is 16.7 Å². The third-order valence-electron chi connectivity index (χ3n) is 13.1. The Kier molecular flexibility index (Phi) is 9.31. The molecule has 0 amide bonds. The van der Waals surface area contributed by atoms with Crippen LogP contribution in [0.2, 0.25) is 0 Å². The van der Waals surface area contributed by atoms with Crippen molar-refractivity contribution in [3.05, 3.63) is 209 Å². The van der Waals surface area contributed by atoms with Crippen LogP contribution in [0.3, 0.4) is 0 Å². The number of rotatable bonds is 8. The van der Waals surface area contributed by atoms with Gasteiger partial charge in [0.15, 0.2) is 0 Å². The predicted molar refractivity (Wildman–Crippen MR) is 253 cm³/mol. The lowest BCUT2D eigenvalue weighted by Crippen LogP contribution is -2.17. The van der Waals surface area contributed by atoms with Crippen molar-refractivity contribution in [2.75, 3.05) is 0 Å². The molecular weight excluding hydrogens is 729 g/mol. The normalized spacial score (nSPS) is 15.0. The van der Waals surface area contributed by atoms with Crippen molar-refractivity contribution < 1.29 is 0 Å². The molecule has 7 aromatic carbocycles. The average molecular weight is 779 g/mol. The Bertz CT molecular complexity index is 2920. The van der Waals surface area contributed by atoms with Crippen molar-refractivity contribution in [1.29, 1.82) is 0 Å². The van der Waals surface area contributed by atoms with Gasteiger partial charge >= 0.3 is 0 Å². The standard InChI is InChI=1S/C58H50S/c1-57(2,3)47-29-31-49-51-35-44(27-32-53(51)58(4,5)54(49)37-47)40-21-18-38(19-22-40)20-30-48(46-15-11-14-43(34-46)39-12-7-6-8-13-39)42-25-23-41(24-26-42)45-28-33-56-52(36-45)50-16-9-10-17-55(50)59-56/h6-18,21,23-28,32-37,48H,19-20,22,30H2,1-5H3. The lowest BCUT2D eigenvalue weighted by Gasteiger charge is -2.24. The Balaban J connectivity index is 0.927. The minimum absolute atomic E-state index is 0.0473. The van der Waals surface area contributed by atoms with E-state index in [1.54, 1.807) is 0 Å². The maximum absolute atomic E-state index is 3.61. The molecule has 0 fully saturated rings. The quantitative estimate of drug-likeness (QED) is 0.144. The lowest BCUT2D eigenvalue weighted by atomic mass is 9.79. The summed E-state index contributed by atoms with van der Waals surface area (Å²) in [5.74, 6) is 0.286. The summed E-state index contributed by atoms with van der Waals surface area (Å²) in [5, 5.41) is 2.69. The van der Waals surface area contributed by atoms with Crippen LogP contribution >= 0.6 is 11.3 Å². The molecule has 288 valence electrons. The lowest BCUT2D eigenvalue weighted by molar-refractivity contribution is 0.585. The van der Waals surface area contributed by atoms with Crippen LogP contribution in [0.15, 0.2) is 163 Å². The van der Waals surface area contributed by atoms with E-state index in [9.17, 15) is 0 Å². The molecule has 1 aromatic heterocycles. The molecule has 59 heavy (non-hydrogen) atoms. The first-order valence-electron chi connectivity index (χ1n) is 21.3. The van der Waals surface area contributed by atoms with Crippen molar-refractivity contribution in [3.63, 3.8) is 0 Å². The molecule has 1 heteroatoms. The molecular formula is C58H50S. The first-order chi connectivity index (χ1) is 28.6. The van der Waals surface area contributed by atoms with Crippen LogP contribution in [0.1, 0.15) is 99.6 Å². The van der Waals surface area contributed by atoms with Crippen LogP contribution in [-0.4, -0.2) is 0 Å². The molecule has 2 aliphatic carbocycles. The van der Waals surface area contributed by atoms with Gasteiger partial charge in [0.05, 0.1) is 0 Å². The van der Waals surface area contributed by atoms with Gasteiger partial charge in [0.1, 0.15) is 0 Å². The number of hydrogen-bond acceptors (Lipinski definition) is 1. The molecule has 0 nitrogen and oxygen atoms in total. The summed E-state index contributed by atoms with van der Waals surface area (Å²) in [6.45, 7) is 11.5. The third-order valence-corrected chi connectivity index (χ3v) is 14.3. The molecule has 0 saturated heterocycles. The van der Waals surface area contributed by atoms with Gasteiger partial charge in [-0.15, -0.1) is 11.3 Å². The maximum Gasteiger partial charge on any atom is 0.0365 e. The fourth-order valence-corrected chi connectivity index (χ4v) is 10.7. The zero-order chi connectivity index (χ0) is 40.3. The summed E-state index contributed by atoms with van der Waals surface area (Å²) in [6, 6.07) is 61.8. The van der Waals surface area contributed by atoms with E-state index < -0.39 is 0 Å². The van der Waals surface area contributed by atoms with Crippen LogP contribution in [0, 0.1) is 12.1 Å². The van der Waals surface area contributed by atoms with E-state index in [1.807, 2.05) is 11.3 Å². The Hall–Kier alpha value is -5.94. The fraction of sp³-hybridized carbons (Fsp3) is 0.207. The van der Waals surface area contributed by atoms with E-state index >= 15 is 0 Å². The highest BCUT2D eigenvalue weighted by Crippen LogP contribution is 2.50. The summed E-state index contributed by atoms with van der Waals surface area (Å²) in [4.78, 5) is 0. The average Bonchev–Trinajstić information content (AvgIpc) is 3.75. The summed E-state index contributed by atoms with van der Waals surface area (Å²) in [7, 11) is 0. The largest absolute Gasteiger partial charge is 0.135 e. The highest BCUT2D eigenvalue weighted by molar-refractivity contribution is 7.25. The Morgan fingerprint density at radius 1 is 0.576 bits per heavy atom. The number of fused-ring (bicyclic) bond motifs is 6. The highest BCUT2D eigenvalue weighted by Gasteiger charge is 2.36. The van der Waals surface area contributed by atoms with Gasteiger partial charge in [-0.3, -0.25) is 0 Å². The van der Waals surface area contributed by atoms with Crippen molar-refractivity contribution in [2.45, 2.75) is 77.0 Å². The van der Waals surface area contributed by atoms with Crippen molar-refractivity contribution in [1.82, 2.24) is 0 Å². The highest BCUT2D eigenvalue weighted by atomic mass is 32.1. The Morgan fingerprint density at radius 3 is 2.08 bits per heavy atom. The predicted octanol–water partition coefficient (Wildman–Crippen LogP) is 16.3. The molecule has 0 N–H and O–H groups in total. The monoisotopic (exact) mass is 778 g/mol. The van der Waals surface area contributed by atoms with Crippen molar-refractivity contribution in [3.8, 4) is 33.4 Å². The van der Waals surface area contributed by atoms with E-state index in [1.165, 1.54) is 98.1 Å². The molecule has 1 unspecified atom stereocenters. The number of benzene rings is 6. The number of allylic oxidation sites excluding steroid dienone is 4. The second-order valence-corrected chi connectivity index (χ2v) is 19.3. The van der Waals surface area contributed by atoms with E-state index in [0.29, 0.717) is 0 Å². The number of hydrogen-bond donors (Lipinski definition) is 0. The third kappa shape index (κ3) is 6.94. The molecule has 2 aliphatic rings. The zero-order valence-corrected chi connectivity index (χ0v) is 35.6. The zero-order valence-electron chi connectivity index (χ0n) is 34.8. The van der Waals surface area contributed by atoms with Gasteiger partial charge in [0.2, 0.25) is 0 Å². The fourth-order valence-electron chi connectivity index (χ4n) is 9.56. The molecule has 0 radical (unpaired) electrons. The van der Waals surface area contributed by atoms with Gasteiger partial charge in [-0.2, -0.15) is 0 Å². The maximum atomic E-state index is 3.61. The van der Waals surface area contributed by atoms with Crippen LogP contribution in [-0.2, 0) is 10.8 Å². The minimum atomic E-state index is -0.0476. The van der Waals surface area contributed by atoms with E-state index in [4.69, 9.17) is 0 Å². The van der Waals surface area contributed by atoms with E-state index in [2.05, 4.69) is 204 Å². The summed E-state index contributed by atoms with van der Waals surface area (Å²) < 4.78 is 2.69. The van der Waals surface area contributed by atoms with Crippen molar-refractivity contribution in [2.24, 2.45) is 0 Å². The smallest absolute Gasteiger partial charge is 0.0365 e. The molecule has 8 aromatic rings. The number of thiophene rings is 1. The summed E-state index contributed by atoms with van der Waals surface area (Å²) >= 11 is 1.88. The molecule has 1 atom stereocenters. The SMILES string of the molecule is CC(C)(C)c1c#cc2c(c1)C(C)(C)c1ccc(C3=CC=C(CCC(c4ccc(-c5ccc6sc7ccccc7c6c5)cc4)c4cccc(-c5ccccc5)c4)CC3)cc1-2. The topological polar surface area (TPSA) is 0 Å². The first kappa shape index (κ1) is 37.3. The molecule has 0 aliphatic heterocycles. The Labute approximate surface area is 354 Å². The van der Waals surface area contributed by atoms with Gasteiger partial charge in [0.25, 0.3) is 0 Å². The molecule has 1 heterocycles. The van der Waals surface area contributed by atoms with Gasteiger partial charge in [-0.1, -0.05) is 180 Å². The molecule has 0 spiro atoms. The van der Waals surface area contributed by atoms with Gasteiger partial charge in [-0.25, -0.2) is 0 Å². The van der Waals surface area contributed by atoms with Crippen molar-refractivity contribution >= 4 is 37.1 Å². The van der Waals surface area contributed by atoms with Gasteiger partial charge in [0, 0.05) is 42.6 Å². The first-order valence-corrected chi connectivity index (χ1v) is 22.1. The van der Waals surface area contributed by atoms with Crippen LogP contribution < -0.4 is 0 Å². The molecule has 0 saturated carbocycles. The van der Waals surface area contributed by atoms with Crippen LogP contribution in [0.25, 0.3) is 59.1 Å². The second-order valence-electron chi connectivity index (χ2n) is 18.3. The molecule has 10 rings (SSSR count).